The molecule has 0 radical (unpaired) electrons. The molecule has 0 fully saturated rings. The Kier molecular flexibility index (Phi) is 19.1. The van der Waals surface area contributed by atoms with Crippen molar-refractivity contribution in [3.8, 4) is 0 Å². The molecular formula is C44H55N7O7. The van der Waals surface area contributed by atoms with Gasteiger partial charge in [0.25, 0.3) is 0 Å². The van der Waals surface area contributed by atoms with Gasteiger partial charge in [0, 0.05) is 13.0 Å². The van der Waals surface area contributed by atoms with Gasteiger partial charge in [-0.3, -0.25) is 9.59 Å². The molecule has 4 rings (SSSR count). The molecule has 308 valence electrons. The van der Waals surface area contributed by atoms with Crippen molar-refractivity contribution in [3.63, 3.8) is 0 Å². The van der Waals surface area contributed by atoms with Gasteiger partial charge in [-0.15, -0.1) is 0 Å². The second kappa shape index (κ2) is 25.0. The number of hydrogen-bond donors (Lipinski definition) is 6. The van der Waals surface area contributed by atoms with Gasteiger partial charge in [-0.2, -0.15) is 0 Å². The number of aliphatic imine (C=N–C) groups is 1. The maximum absolute atomic E-state index is 13.6. The topological polar surface area (TPSA) is 208 Å². The summed E-state index contributed by atoms with van der Waals surface area (Å²) in [6.07, 6.45) is 1.25. The lowest BCUT2D eigenvalue weighted by Crippen LogP contribution is -2.56. The molecule has 4 amide bonds. The van der Waals surface area contributed by atoms with Crippen LogP contribution in [0.2, 0.25) is 0 Å². The highest BCUT2D eigenvalue weighted by Crippen LogP contribution is 2.11. The molecule has 14 heteroatoms. The zero-order chi connectivity index (χ0) is 41.4. The van der Waals surface area contributed by atoms with E-state index >= 15 is 0 Å². The van der Waals surface area contributed by atoms with E-state index in [0.717, 1.165) is 46.2 Å². The molecule has 4 aromatic rings. The minimum atomic E-state index is -1.02. The van der Waals surface area contributed by atoms with Crippen LogP contribution in [0.15, 0.2) is 114 Å². The summed E-state index contributed by atoms with van der Waals surface area (Å²) < 4.78 is 16.6. The van der Waals surface area contributed by atoms with E-state index < -0.39 is 30.3 Å². The molecule has 0 aliphatic heterocycles. The van der Waals surface area contributed by atoms with Crippen molar-refractivity contribution in [2.45, 2.75) is 84.0 Å². The van der Waals surface area contributed by atoms with Gasteiger partial charge in [0.15, 0.2) is 5.96 Å². The number of nitrogens with zero attached hydrogens (tertiary/aromatic N) is 1. The third-order valence-corrected chi connectivity index (χ3v) is 8.86. The van der Waals surface area contributed by atoms with Crippen LogP contribution >= 0.6 is 0 Å². The molecule has 58 heavy (non-hydrogen) atoms. The van der Waals surface area contributed by atoms with Crippen LogP contribution in [-0.4, -0.2) is 55.3 Å². The highest BCUT2D eigenvalue weighted by molar-refractivity contribution is 5.88. The van der Waals surface area contributed by atoms with Crippen LogP contribution in [0.4, 0.5) is 9.59 Å². The van der Waals surface area contributed by atoms with Crippen LogP contribution in [0.1, 0.15) is 66.0 Å². The Morgan fingerprint density at radius 2 is 1.19 bits per heavy atom. The van der Waals surface area contributed by atoms with Gasteiger partial charge in [-0.1, -0.05) is 123 Å². The minimum Gasteiger partial charge on any atom is -0.445 e. The van der Waals surface area contributed by atoms with Crippen LogP contribution in [-0.2, 0) is 63.0 Å². The number of amides is 4. The SMILES string of the molecule is CCCC(NC(=O)OCc1ccc(CCCNC(=O)OCc2ccccc2)cc1)NC(=O)C(COCc1ccccc1)NC(=O)CCc1ccc(CN=C(N)N)cc1. The third kappa shape index (κ3) is 17.6. The van der Waals surface area contributed by atoms with Crippen molar-refractivity contribution in [2.75, 3.05) is 13.2 Å². The van der Waals surface area contributed by atoms with Crippen molar-refractivity contribution in [2.24, 2.45) is 16.5 Å². The maximum Gasteiger partial charge on any atom is 0.409 e. The van der Waals surface area contributed by atoms with E-state index in [-0.39, 0.29) is 44.7 Å². The molecule has 4 aromatic carbocycles. The number of rotatable bonds is 23. The average molecular weight is 794 g/mol. The van der Waals surface area contributed by atoms with Crippen LogP contribution in [0.3, 0.4) is 0 Å². The molecule has 0 spiro atoms. The Bertz CT molecular complexity index is 1870. The predicted octanol–water partition coefficient (Wildman–Crippen LogP) is 5.12. The standard InChI is InChI=1S/C44H55N7O7/c1-2-10-39(51-44(55)58-30-37-22-18-32(19-23-37)15-9-26-47-43(54)57-29-36-13-7-4-8-14-36)50-41(53)38(31-56-28-35-11-5-3-6-12-35)49-40(52)25-24-33-16-20-34(21-17-33)27-48-42(45)46/h3-8,11-14,16-23,38-39H,2,9-10,15,24-31H2,1H3,(H,47,54)(H,49,52)(H,50,53)(H,51,55)(H4,45,46,48). The van der Waals surface area contributed by atoms with Crippen molar-refractivity contribution in [1.82, 2.24) is 21.3 Å². The van der Waals surface area contributed by atoms with Gasteiger partial charge in [0.2, 0.25) is 11.8 Å². The van der Waals surface area contributed by atoms with Crippen molar-refractivity contribution in [3.05, 3.63) is 143 Å². The first-order chi connectivity index (χ1) is 28.2. The molecule has 2 unspecified atom stereocenters. The van der Waals surface area contributed by atoms with E-state index in [1.807, 2.05) is 116 Å². The zero-order valence-electron chi connectivity index (χ0n) is 33.0. The fraction of sp³-hybridized carbons (Fsp3) is 0.341. The lowest BCUT2D eigenvalue weighted by Gasteiger charge is -2.24. The highest BCUT2D eigenvalue weighted by Gasteiger charge is 2.25. The van der Waals surface area contributed by atoms with Crippen molar-refractivity contribution in [1.29, 1.82) is 0 Å². The van der Waals surface area contributed by atoms with Crippen molar-refractivity contribution < 1.29 is 33.4 Å². The lowest BCUT2D eigenvalue weighted by molar-refractivity contribution is -0.131. The first-order valence-electron chi connectivity index (χ1n) is 19.5. The van der Waals surface area contributed by atoms with Crippen LogP contribution in [0, 0.1) is 0 Å². The number of alkyl carbamates (subject to hydrolysis) is 2. The monoisotopic (exact) mass is 793 g/mol. The number of ether oxygens (including phenoxy) is 3. The largest absolute Gasteiger partial charge is 0.445 e. The molecule has 8 N–H and O–H groups in total. The predicted molar refractivity (Wildman–Crippen MR) is 222 cm³/mol. The molecule has 0 aliphatic rings. The van der Waals surface area contributed by atoms with Crippen molar-refractivity contribution >= 4 is 30.0 Å². The van der Waals surface area contributed by atoms with Gasteiger partial charge in [0.1, 0.15) is 25.4 Å². The molecule has 0 saturated carbocycles. The molecule has 0 saturated heterocycles. The normalized spacial score (nSPS) is 11.7. The van der Waals surface area contributed by atoms with Gasteiger partial charge in [0.05, 0.1) is 19.8 Å². The number of benzene rings is 4. The second-order valence-corrected chi connectivity index (χ2v) is 13.7. The summed E-state index contributed by atoms with van der Waals surface area (Å²) in [5.74, 6) is -0.810. The van der Waals surface area contributed by atoms with Gasteiger partial charge < -0.3 is 46.9 Å². The summed E-state index contributed by atoms with van der Waals surface area (Å²) in [5, 5.41) is 11.2. The van der Waals surface area contributed by atoms with E-state index in [4.69, 9.17) is 25.7 Å². The summed E-state index contributed by atoms with van der Waals surface area (Å²) in [7, 11) is 0. The molecule has 0 aliphatic carbocycles. The lowest BCUT2D eigenvalue weighted by atomic mass is 10.1. The molecule has 0 bridgehead atoms. The molecular weight excluding hydrogens is 739 g/mol. The maximum atomic E-state index is 13.6. The number of nitrogens with two attached hydrogens (primary N) is 2. The van der Waals surface area contributed by atoms with Gasteiger partial charge in [-0.25, -0.2) is 14.6 Å². The van der Waals surface area contributed by atoms with Gasteiger partial charge >= 0.3 is 12.2 Å². The van der Waals surface area contributed by atoms with E-state index in [9.17, 15) is 19.2 Å². The number of nitrogens with one attached hydrogen (secondary N) is 4. The van der Waals surface area contributed by atoms with E-state index in [1.54, 1.807) is 0 Å². The van der Waals surface area contributed by atoms with Gasteiger partial charge in [-0.05, 0) is 59.1 Å². The molecule has 14 nitrogen and oxygen atoms in total. The summed E-state index contributed by atoms with van der Waals surface area (Å²) in [6, 6.07) is 33.2. The van der Waals surface area contributed by atoms with E-state index in [0.29, 0.717) is 32.4 Å². The summed E-state index contributed by atoms with van der Waals surface area (Å²) in [4.78, 5) is 55.5. The summed E-state index contributed by atoms with van der Waals surface area (Å²) >= 11 is 0. The Balaban J connectivity index is 1.22. The molecule has 2 atom stereocenters. The first-order valence-corrected chi connectivity index (χ1v) is 19.5. The third-order valence-electron chi connectivity index (χ3n) is 8.86. The smallest absolute Gasteiger partial charge is 0.409 e. The summed E-state index contributed by atoms with van der Waals surface area (Å²) in [5.41, 5.74) is 16.4. The van der Waals surface area contributed by atoms with Crippen LogP contribution in [0.5, 0.6) is 0 Å². The number of guanidine groups is 1. The van der Waals surface area contributed by atoms with Crippen LogP contribution in [0.25, 0.3) is 0 Å². The number of aryl methyl sites for hydroxylation is 2. The number of hydrogen-bond acceptors (Lipinski definition) is 8. The van der Waals surface area contributed by atoms with E-state index in [1.165, 1.54) is 0 Å². The molecule has 0 aromatic heterocycles. The number of carbonyl (C=O) groups excluding carboxylic acids is 4. The Labute approximate surface area is 340 Å². The van der Waals surface area contributed by atoms with Crippen LogP contribution < -0.4 is 32.7 Å². The fourth-order valence-electron chi connectivity index (χ4n) is 5.70. The Hall–Kier alpha value is -6.41. The molecule has 0 heterocycles. The highest BCUT2D eigenvalue weighted by atomic mass is 16.6. The summed E-state index contributed by atoms with van der Waals surface area (Å²) in [6.45, 7) is 3.18. The zero-order valence-corrected chi connectivity index (χ0v) is 33.0. The fourth-order valence-corrected chi connectivity index (χ4v) is 5.70. The minimum absolute atomic E-state index is 0.0153. The first kappa shape index (κ1) is 44.3. The van der Waals surface area contributed by atoms with E-state index in [2.05, 4.69) is 26.3 Å². The Morgan fingerprint density at radius 1 is 0.638 bits per heavy atom. The quantitative estimate of drug-likeness (QED) is 0.0255. The Morgan fingerprint density at radius 3 is 1.81 bits per heavy atom. The number of carbonyl (C=O) groups is 4. The average Bonchev–Trinajstić information content (AvgIpc) is 3.23. The second-order valence-electron chi connectivity index (χ2n) is 13.7.